The van der Waals surface area contributed by atoms with Crippen molar-refractivity contribution in [2.45, 2.75) is 77.6 Å². The molecule has 6 heteroatoms. The molecule has 0 bridgehead atoms. The molecule has 2 unspecified atom stereocenters. The molecule has 0 spiro atoms. The Balaban J connectivity index is 2.46. The van der Waals surface area contributed by atoms with E-state index in [1.165, 1.54) is 0 Å². The lowest BCUT2D eigenvalue weighted by atomic mass is 9.71. The van der Waals surface area contributed by atoms with E-state index < -0.39 is 11.9 Å². The smallest absolute Gasteiger partial charge is 0.305 e. The zero-order chi connectivity index (χ0) is 18.7. The fourth-order valence-electron chi connectivity index (χ4n) is 3.79. The third kappa shape index (κ3) is 10.1. The van der Waals surface area contributed by atoms with E-state index in [1.54, 1.807) is 0 Å². The molecule has 0 aromatic carbocycles. The van der Waals surface area contributed by atoms with Crippen LogP contribution in [0.1, 0.15) is 77.6 Å². The Morgan fingerprint density at radius 2 is 1.28 bits per heavy atom. The van der Waals surface area contributed by atoms with E-state index in [9.17, 15) is 14.4 Å². The first-order valence-electron chi connectivity index (χ1n) is 9.49. The maximum Gasteiger partial charge on any atom is 0.305 e. The number of ether oxygens (including phenoxy) is 1. The lowest BCUT2D eigenvalue weighted by Gasteiger charge is -2.35. The number of carboxylic acid groups (broad SMARTS) is 2. The van der Waals surface area contributed by atoms with Gasteiger partial charge < -0.3 is 14.9 Å². The Bertz CT molecular complexity index is 408. The van der Waals surface area contributed by atoms with E-state index in [2.05, 4.69) is 0 Å². The molecule has 0 aromatic rings. The second-order valence-electron chi connectivity index (χ2n) is 7.28. The predicted octanol–water partition coefficient (Wildman–Crippen LogP) is 3.87. The number of hydrogen-bond donors (Lipinski definition) is 2. The minimum absolute atomic E-state index is 0.155. The molecular formula is C19H32O6. The monoisotopic (exact) mass is 356 g/mol. The van der Waals surface area contributed by atoms with E-state index in [0.29, 0.717) is 43.6 Å². The SMILES string of the molecule is CCCCOC(=O)CCC1CC(CCC(=O)O)CC(CCC(=O)O)C1. The minimum atomic E-state index is -0.788. The number of esters is 1. The molecule has 0 aliphatic heterocycles. The molecule has 1 aliphatic carbocycles. The molecule has 2 atom stereocenters. The van der Waals surface area contributed by atoms with Gasteiger partial charge >= 0.3 is 17.9 Å². The molecule has 1 fully saturated rings. The van der Waals surface area contributed by atoms with Gasteiger partial charge in [0.1, 0.15) is 0 Å². The summed E-state index contributed by atoms with van der Waals surface area (Å²) in [5, 5.41) is 17.8. The van der Waals surface area contributed by atoms with Gasteiger partial charge in [-0.3, -0.25) is 14.4 Å². The van der Waals surface area contributed by atoms with Crippen LogP contribution in [0.25, 0.3) is 0 Å². The second kappa shape index (κ2) is 11.9. The Morgan fingerprint density at radius 3 is 1.68 bits per heavy atom. The molecule has 1 saturated carbocycles. The van der Waals surface area contributed by atoms with Crippen LogP contribution >= 0.6 is 0 Å². The highest BCUT2D eigenvalue weighted by atomic mass is 16.5. The number of carboxylic acids is 2. The van der Waals surface area contributed by atoms with Crippen molar-refractivity contribution in [1.82, 2.24) is 0 Å². The van der Waals surface area contributed by atoms with Gasteiger partial charge in [-0.15, -0.1) is 0 Å². The van der Waals surface area contributed by atoms with Gasteiger partial charge in [-0.25, -0.2) is 0 Å². The summed E-state index contributed by atoms with van der Waals surface area (Å²) in [6.07, 6.45) is 7.35. The van der Waals surface area contributed by atoms with Crippen LogP contribution in [0.4, 0.5) is 0 Å². The molecule has 0 heterocycles. The summed E-state index contributed by atoms with van der Waals surface area (Å²) in [6.45, 7) is 2.52. The van der Waals surface area contributed by atoms with E-state index in [1.807, 2.05) is 6.92 Å². The molecule has 144 valence electrons. The second-order valence-corrected chi connectivity index (χ2v) is 7.28. The number of rotatable bonds is 12. The quantitative estimate of drug-likeness (QED) is 0.406. The zero-order valence-electron chi connectivity index (χ0n) is 15.2. The molecule has 1 rings (SSSR count). The first-order chi connectivity index (χ1) is 11.9. The molecule has 1 aliphatic rings. The van der Waals surface area contributed by atoms with Crippen molar-refractivity contribution in [3.05, 3.63) is 0 Å². The largest absolute Gasteiger partial charge is 0.481 e. The van der Waals surface area contributed by atoms with Crippen molar-refractivity contribution in [2.75, 3.05) is 6.61 Å². The fourth-order valence-corrected chi connectivity index (χ4v) is 3.79. The van der Waals surface area contributed by atoms with Crippen molar-refractivity contribution >= 4 is 17.9 Å². The van der Waals surface area contributed by atoms with Crippen LogP contribution in [0.5, 0.6) is 0 Å². The average Bonchev–Trinajstić information content (AvgIpc) is 2.56. The normalized spacial score (nSPS) is 23.2. The standard InChI is InChI=1S/C19H32O6/c1-2-3-10-25-19(24)9-6-16-12-14(4-7-17(20)21)11-15(13-16)5-8-18(22)23/h14-16H,2-13H2,1H3,(H,20,21)(H,22,23). The number of carbonyl (C=O) groups is 3. The molecular weight excluding hydrogens is 324 g/mol. The summed E-state index contributed by atoms with van der Waals surface area (Å²) in [6, 6.07) is 0. The summed E-state index contributed by atoms with van der Waals surface area (Å²) in [5.74, 6) is -0.768. The minimum Gasteiger partial charge on any atom is -0.481 e. The Hall–Kier alpha value is -1.59. The third-order valence-corrected chi connectivity index (χ3v) is 5.05. The van der Waals surface area contributed by atoms with Crippen molar-refractivity contribution in [2.24, 2.45) is 17.8 Å². The van der Waals surface area contributed by atoms with Crippen LogP contribution in [0.3, 0.4) is 0 Å². The predicted molar refractivity (Wildman–Crippen MR) is 93.2 cm³/mol. The zero-order valence-corrected chi connectivity index (χ0v) is 15.2. The number of carbonyl (C=O) groups excluding carboxylic acids is 1. The molecule has 0 saturated heterocycles. The van der Waals surface area contributed by atoms with Crippen LogP contribution in [0.15, 0.2) is 0 Å². The highest BCUT2D eigenvalue weighted by Crippen LogP contribution is 2.39. The lowest BCUT2D eigenvalue weighted by Crippen LogP contribution is -2.25. The van der Waals surface area contributed by atoms with Crippen LogP contribution in [0.2, 0.25) is 0 Å². The first kappa shape index (κ1) is 21.5. The molecule has 0 radical (unpaired) electrons. The van der Waals surface area contributed by atoms with Gasteiger partial charge in [0.2, 0.25) is 0 Å². The third-order valence-electron chi connectivity index (χ3n) is 5.05. The van der Waals surface area contributed by atoms with Crippen LogP contribution in [-0.4, -0.2) is 34.7 Å². The lowest BCUT2D eigenvalue weighted by molar-refractivity contribution is -0.144. The molecule has 25 heavy (non-hydrogen) atoms. The molecule has 0 aromatic heterocycles. The summed E-state index contributed by atoms with van der Waals surface area (Å²) < 4.78 is 5.19. The highest BCUT2D eigenvalue weighted by molar-refractivity contribution is 5.69. The highest BCUT2D eigenvalue weighted by Gasteiger charge is 2.29. The van der Waals surface area contributed by atoms with Crippen molar-refractivity contribution in [3.63, 3.8) is 0 Å². The maximum absolute atomic E-state index is 11.8. The summed E-state index contributed by atoms with van der Waals surface area (Å²) >= 11 is 0. The first-order valence-corrected chi connectivity index (χ1v) is 9.49. The molecule has 0 amide bonds. The number of hydrogen-bond acceptors (Lipinski definition) is 4. The average molecular weight is 356 g/mol. The van der Waals surface area contributed by atoms with E-state index >= 15 is 0 Å². The van der Waals surface area contributed by atoms with Gasteiger partial charge in [-0.05, 0) is 62.7 Å². The number of aliphatic carboxylic acids is 2. The van der Waals surface area contributed by atoms with Gasteiger partial charge in [-0.2, -0.15) is 0 Å². The fraction of sp³-hybridized carbons (Fsp3) is 0.842. The molecule has 6 nitrogen and oxygen atoms in total. The Morgan fingerprint density at radius 1 is 0.840 bits per heavy atom. The van der Waals surface area contributed by atoms with Crippen molar-refractivity contribution in [3.8, 4) is 0 Å². The van der Waals surface area contributed by atoms with Crippen LogP contribution in [-0.2, 0) is 19.1 Å². The topological polar surface area (TPSA) is 101 Å². The van der Waals surface area contributed by atoms with E-state index in [4.69, 9.17) is 14.9 Å². The van der Waals surface area contributed by atoms with E-state index in [0.717, 1.165) is 38.5 Å². The number of unbranched alkanes of at least 4 members (excludes halogenated alkanes) is 1. The Kier molecular flexibility index (Phi) is 10.2. The maximum atomic E-state index is 11.8. The summed E-state index contributed by atoms with van der Waals surface area (Å²) in [7, 11) is 0. The summed E-state index contributed by atoms with van der Waals surface area (Å²) in [5.41, 5.74) is 0. The van der Waals surface area contributed by atoms with Crippen LogP contribution < -0.4 is 0 Å². The van der Waals surface area contributed by atoms with Crippen LogP contribution in [0, 0.1) is 17.8 Å². The van der Waals surface area contributed by atoms with Gasteiger partial charge in [0.15, 0.2) is 0 Å². The van der Waals surface area contributed by atoms with Gasteiger partial charge in [-0.1, -0.05) is 13.3 Å². The van der Waals surface area contributed by atoms with Gasteiger partial charge in [0.05, 0.1) is 6.61 Å². The van der Waals surface area contributed by atoms with Gasteiger partial charge in [0, 0.05) is 19.3 Å². The summed E-state index contributed by atoms with van der Waals surface area (Å²) in [4.78, 5) is 33.4. The van der Waals surface area contributed by atoms with Crippen molar-refractivity contribution in [1.29, 1.82) is 0 Å². The van der Waals surface area contributed by atoms with Crippen molar-refractivity contribution < 1.29 is 29.3 Å². The van der Waals surface area contributed by atoms with Gasteiger partial charge in [0.25, 0.3) is 0 Å². The van der Waals surface area contributed by atoms with E-state index in [-0.39, 0.29) is 18.8 Å². The molecule has 2 N–H and O–H groups in total. The Labute approximate surface area is 149 Å².